The van der Waals surface area contributed by atoms with Gasteiger partial charge in [-0.3, -0.25) is 0 Å². The van der Waals surface area contributed by atoms with Crippen molar-refractivity contribution in [1.29, 1.82) is 0 Å². The molecular formula is C13H11Cl3N2. The fraction of sp³-hybridized carbons (Fsp3) is 0.231. The predicted octanol–water partition coefficient (Wildman–Crippen LogP) is 5.23. The standard InChI is InChI=1S/C13H11Cl3N2/c1-7(2)13-17-11(15)10(12(16)18-13)8-3-5-9(14)6-4-8/h3-7H,1-2H3. The van der Waals surface area contributed by atoms with Gasteiger partial charge in [0, 0.05) is 10.9 Å². The summed E-state index contributed by atoms with van der Waals surface area (Å²) in [6, 6.07) is 7.24. The number of benzene rings is 1. The summed E-state index contributed by atoms with van der Waals surface area (Å²) < 4.78 is 0. The molecule has 0 amide bonds. The van der Waals surface area contributed by atoms with E-state index in [4.69, 9.17) is 34.8 Å². The van der Waals surface area contributed by atoms with Crippen LogP contribution < -0.4 is 0 Å². The first-order chi connectivity index (χ1) is 8.49. The van der Waals surface area contributed by atoms with Gasteiger partial charge in [0.2, 0.25) is 0 Å². The second kappa shape index (κ2) is 5.43. The van der Waals surface area contributed by atoms with Gasteiger partial charge in [0.15, 0.2) is 0 Å². The Balaban J connectivity index is 2.55. The molecule has 2 rings (SSSR count). The molecule has 18 heavy (non-hydrogen) atoms. The van der Waals surface area contributed by atoms with E-state index in [0.717, 1.165) is 5.56 Å². The van der Waals surface area contributed by atoms with Crippen LogP contribution in [0.3, 0.4) is 0 Å². The van der Waals surface area contributed by atoms with Crippen molar-refractivity contribution in [2.75, 3.05) is 0 Å². The highest BCUT2D eigenvalue weighted by molar-refractivity contribution is 6.37. The SMILES string of the molecule is CC(C)c1nc(Cl)c(-c2ccc(Cl)cc2)c(Cl)n1. The van der Waals surface area contributed by atoms with Gasteiger partial charge < -0.3 is 0 Å². The van der Waals surface area contributed by atoms with Crippen LogP contribution in [0.4, 0.5) is 0 Å². The van der Waals surface area contributed by atoms with E-state index in [1.807, 2.05) is 26.0 Å². The number of aromatic nitrogens is 2. The van der Waals surface area contributed by atoms with Gasteiger partial charge in [0.1, 0.15) is 16.1 Å². The number of nitrogens with zero attached hydrogens (tertiary/aromatic N) is 2. The summed E-state index contributed by atoms with van der Waals surface area (Å²) in [4.78, 5) is 8.54. The van der Waals surface area contributed by atoms with Crippen LogP contribution in [-0.2, 0) is 0 Å². The number of hydrogen-bond donors (Lipinski definition) is 0. The zero-order chi connectivity index (χ0) is 13.3. The van der Waals surface area contributed by atoms with Gasteiger partial charge in [-0.2, -0.15) is 0 Å². The molecule has 0 unspecified atom stereocenters. The highest BCUT2D eigenvalue weighted by atomic mass is 35.5. The Kier molecular flexibility index (Phi) is 4.10. The molecule has 0 radical (unpaired) electrons. The maximum atomic E-state index is 6.18. The van der Waals surface area contributed by atoms with Crippen LogP contribution in [0.2, 0.25) is 15.3 Å². The summed E-state index contributed by atoms with van der Waals surface area (Å²) in [5, 5.41) is 1.38. The maximum Gasteiger partial charge on any atom is 0.142 e. The van der Waals surface area contributed by atoms with Gasteiger partial charge in [0.05, 0.1) is 5.56 Å². The molecule has 0 saturated carbocycles. The molecule has 0 aliphatic carbocycles. The first-order valence-electron chi connectivity index (χ1n) is 5.48. The lowest BCUT2D eigenvalue weighted by Crippen LogP contribution is -2.00. The van der Waals surface area contributed by atoms with Crippen molar-refractivity contribution in [3.05, 3.63) is 45.4 Å². The van der Waals surface area contributed by atoms with Crippen molar-refractivity contribution < 1.29 is 0 Å². The second-order valence-electron chi connectivity index (χ2n) is 4.20. The van der Waals surface area contributed by atoms with Crippen molar-refractivity contribution in [3.8, 4) is 11.1 Å². The van der Waals surface area contributed by atoms with Crippen LogP contribution in [0, 0.1) is 0 Å². The van der Waals surface area contributed by atoms with Gasteiger partial charge in [-0.1, -0.05) is 60.8 Å². The summed E-state index contributed by atoms with van der Waals surface area (Å²) >= 11 is 18.2. The average Bonchev–Trinajstić information content (AvgIpc) is 2.30. The lowest BCUT2D eigenvalue weighted by atomic mass is 10.1. The smallest absolute Gasteiger partial charge is 0.142 e. The van der Waals surface area contributed by atoms with Crippen LogP contribution in [-0.4, -0.2) is 9.97 Å². The Morgan fingerprint density at radius 1 is 0.889 bits per heavy atom. The van der Waals surface area contributed by atoms with E-state index in [1.165, 1.54) is 0 Å². The van der Waals surface area contributed by atoms with Crippen molar-refractivity contribution in [2.24, 2.45) is 0 Å². The van der Waals surface area contributed by atoms with Crippen LogP contribution in [0.15, 0.2) is 24.3 Å². The highest BCUT2D eigenvalue weighted by Gasteiger charge is 2.15. The minimum Gasteiger partial charge on any atom is -0.220 e. The third-order valence-corrected chi connectivity index (χ3v) is 3.29. The summed E-state index contributed by atoms with van der Waals surface area (Å²) in [6.45, 7) is 3.98. The first kappa shape index (κ1) is 13.6. The molecule has 0 aliphatic rings. The minimum absolute atomic E-state index is 0.180. The molecule has 0 saturated heterocycles. The average molecular weight is 302 g/mol. The molecule has 0 N–H and O–H groups in total. The number of rotatable bonds is 2. The van der Waals surface area contributed by atoms with Gasteiger partial charge in [-0.25, -0.2) is 9.97 Å². The number of halogens is 3. The molecule has 0 aliphatic heterocycles. The molecule has 0 spiro atoms. The van der Waals surface area contributed by atoms with Gasteiger partial charge in [-0.05, 0) is 17.7 Å². The lowest BCUT2D eigenvalue weighted by molar-refractivity contribution is 0.775. The second-order valence-corrected chi connectivity index (χ2v) is 5.35. The zero-order valence-electron chi connectivity index (χ0n) is 9.92. The zero-order valence-corrected chi connectivity index (χ0v) is 12.2. The van der Waals surface area contributed by atoms with E-state index in [-0.39, 0.29) is 5.92 Å². The molecule has 1 aromatic carbocycles. The third-order valence-electron chi connectivity index (χ3n) is 2.49. The fourth-order valence-corrected chi connectivity index (χ4v) is 2.28. The normalized spacial score (nSPS) is 11.0. The van der Waals surface area contributed by atoms with Crippen molar-refractivity contribution in [1.82, 2.24) is 9.97 Å². The lowest BCUT2D eigenvalue weighted by Gasteiger charge is -2.10. The third kappa shape index (κ3) is 2.77. The Morgan fingerprint density at radius 3 is 1.83 bits per heavy atom. The van der Waals surface area contributed by atoms with Crippen molar-refractivity contribution in [3.63, 3.8) is 0 Å². The maximum absolute atomic E-state index is 6.18. The molecular weight excluding hydrogens is 291 g/mol. The van der Waals surface area contributed by atoms with E-state index in [1.54, 1.807) is 12.1 Å². The molecule has 1 aromatic heterocycles. The van der Waals surface area contributed by atoms with Crippen molar-refractivity contribution in [2.45, 2.75) is 19.8 Å². The molecule has 5 heteroatoms. The summed E-state index contributed by atoms with van der Waals surface area (Å²) in [5.41, 5.74) is 1.49. The predicted molar refractivity (Wildman–Crippen MR) is 76.6 cm³/mol. The molecule has 2 nitrogen and oxygen atoms in total. The Labute approximate surface area is 121 Å². The first-order valence-corrected chi connectivity index (χ1v) is 6.61. The van der Waals surface area contributed by atoms with E-state index in [0.29, 0.717) is 26.7 Å². The Hall–Kier alpha value is -0.830. The molecule has 2 aromatic rings. The van der Waals surface area contributed by atoms with Gasteiger partial charge in [0.25, 0.3) is 0 Å². The minimum atomic E-state index is 0.180. The fourth-order valence-electron chi connectivity index (χ4n) is 1.54. The molecule has 0 atom stereocenters. The van der Waals surface area contributed by atoms with Crippen LogP contribution in [0.25, 0.3) is 11.1 Å². The van der Waals surface area contributed by atoms with Crippen LogP contribution >= 0.6 is 34.8 Å². The highest BCUT2D eigenvalue weighted by Crippen LogP contribution is 2.33. The molecule has 94 valence electrons. The Bertz CT molecular complexity index is 542. The number of hydrogen-bond acceptors (Lipinski definition) is 2. The monoisotopic (exact) mass is 300 g/mol. The van der Waals surface area contributed by atoms with Gasteiger partial charge >= 0.3 is 0 Å². The van der Waals surface area contributed by atoms with E-state index < -0.39 is 0 Å². The molecule has 1 heterocycles. The van der Waals surface area contributed by atoms with E-state index in [9.17, 15) is 0 Å². The summed E-state index contributed by atoms with van der Waals surface area (Å²) in [5.74, 6) is 0.821. The Morgan fingerprint density at radius 2 is 1.39 bits per heavy atom. The van der Waals surface area contributed by atoms with E-state index >= 15 is 0 Å². The van der Waals surface area contributed by atoms with Crippen LogP contribution in [0.5, 0.6) is 0 Å². The quantitative estimate of drug-likeness (QED) is 0.710. The van der Waals surface area contributed by atoms with Gasteiger partial charge in [-0.15, -0.1) is 0 Å². The summed E-state index contributed by atoms with van der Waals surface area (Å²) in [7, 11) is 0. The van der Waals surface area contributed by atoms with Crippen LogP contribution in [0.1, 0.15) is 25.6 Å². The molecule has 0 bridgehead atoms. The topological polar surface area (TPSA) is 25.8 Å². The summed E-state index contributed by atoms with van der Waals surface area (Å²) in [6.07, 6.45) is 0. The van der Waals surface area contributed by atoms with E-state index in [2.05, 4.69) is 9.97 Å². The molecule has 0 fully saturated rings. The largest absolute Gasteiger partial charge is 0.220 e. The van der Waals surface area contributed by atoms with Crippen molar-refractivity contribution >= 4 is 34.8 Å².